The third-order valence-electron chi connectivity index (χ3n) is 2.33. The van der Waals surface area contributed by atoms with Crippen molar-refractivity contribution in [3.63, 3.8) is 0 Å². The van der Waals surface area contributed by atoms with Crippen LogP contribution in [0.25, 0.3) is 5.69 Å². The predicted molar refractivity (Wildman–Crippen MR) is 58.7 cm³/mol. The number of benzene rings is 1. The maximum Gasteiger partial charge on any atom is 0.123 e. The van der Waals surface area contributed by atoms with Gasteiger partial charge < -0.3 is 5.73 Å². The SMILES string of the molecule is NCCCc1cnnn1-c1ccc(F)cc1. The summed E-state index contributed by atoms with van der Waals surface area (Å²) in [6, 6.07) is 6.17. The molecule has 0 aliphatic heterocycles. The van der Waals surface area contributed by atoms with Gasteiger partial charge in [0, 0.05) is 0 Å². The maximum atomic E-state index is 12.8. The van der Waals surface area contributed by atoms with E-state index in [4.69, 9.17) is 5.73 Å². The van der Waals surface area contributed by atoms with E-state index in [0.717, 1.165) is 24.2 Å². The Labute approximate surface area is 92.9 Å². The molecule has 84 valence electrons. The molecule has 0 amide bonds. The summed E-state index contributed by atoms with van der Waals surface area (Å²) in [4.78, 5) is 0. The second kappa shape index (κ2) is 4.85. The number of aryl methyl sites for hydroxylation is 1. The third-order valence-corrected chi connectivity index (χ3v) is 2.33. The molecule has 0 spiro atoms. The molecule has 0 unspecified atom stereocenters. The van der Waals surface area contributed by atoms with Crippen LogP contribution >= 0.6 is 0 Å². The van der Waals surface area contributed by atoms with Crippen molar-refractivity contribution in [3.05, 3.63) is 42.0 Å². The zero-order chi connectivity index (χ0) is 11.4. The number of nitrogens with two attached hydrogens (primary N) is 1. The Balaban J connectivity index is 2.26. The van der Waals surface area contributed by atoms with Crippen molar-refractivity contribution in [2.75, 3.05) is 6.54 Å². The van der Waals surface area contributed by atoms with Crippen LogP contribution in [0.3, 0.4) is 0 Å². The molecule has 1 aromatic heterocycles. The minimum Gasteiger partial charge on any atom is -0.330 e. The summed E-state index contributed by atoms with van der Waals surface area (Å²) in [5.74, 6) is -0.257. The van der Waals surface area contributed by atoms with Crippen LogP contribution in [0, 0.1) is 5.82 Å². The van der Waals surface area contributed by atoms with E-state index in [0.29, 0.717) is 6.54 Å². The summed E-state index contributed by atoms with van der Waals surface area (Å²) < 4.78 is 14.5. The topological polar surface area (TPSA) is 56.7 Å². The van der Waals surface area contributed by atoms with Crippen LogP contribution in [0.1, 0.15) is 12.1 Å². The Morgan fingerprint density at radius 3 is 2.69 bits per heavy atom. The summed E-state index contributed by atoms with van der Waals surface area (Å²) in [5.41, 5.74) is 7.25. The van der Waals surface area contributed by atoms with Crippen LogP contribution in [0.2, 0.25) is 0 Å². The smallest absolute Gasteiger partial charge is 0.123 e. The van der Waals surface area contributed by atoms with E-state index in [1.54, 1.807) is 23.0 Å². The summed E-state index contributed by atoms with van der Waals surface area (Å²) in [5, 5.41) is 7.82. The highest BCUT2D eigenvalue weighted by Crippen LogP contribution is 2.11. The molecule has 5 heteroatoms. The Morgan fingerprint density at radius 1 is 1.25 bits per heavy atom. The fraction of sp³-hybridized carbons (Fsp3) is 0.273. The number of aromatic nitrogens is 3. The number of hydrogen-bond donors (Lipinski definition) is 1. The normalized spacial score (nSPS) is 10.6. The van der Waals surface area contributed by atoms with Gasteiger partial charge in [-0.05, 0) is 43.7 Å². The number of hydrogen-bond acceptors (Lipinski definition) is 3. The van der Waals surface area contributed by atoms with Gasteiger partial charge in [-0.2, -0.15) is 0 Å². The summed E-state index contributed by atoms with van der Waals surface area (Å²) in [6.07, 6.45) is 3.41. The van der Waals surface area contributed by atoms with Gasteiger partial charge >= 0.3 is 0 Å². The van der Waals surface area contributed by atoms with Gasteiger partial charge in [-0.1, -0.05) is 5.21 Å². The molecule has 0 fully saturated rings. The lowest BCUT2D eigenvalue weighted by atomic mass is 10.2. The second-order valence-electron chi connectivity index (χ2n) is 3.51. The number of nitrogens with zero attached hydrogens (tertiary/aromatic N) is 3. The van der Waals surface area contributed by atoms with Crippen LogP contribution in [0.4, 0.5) is 4.39 Å². The molecule has 1 aromatic carbocycles. The monoisotopic (exact) mass is 220 g/mol. The summed E-state index contributed by atoms with van der Waals surface area (Å²) in [7, 11) is 0. The average Bonchev–Trinajstić information content (AvgIpc) is 2.75. The molecule has 0 aliphatic rings. The van der Waals surface area contributed by atoms with E-state index in [1.807, 2.05) is 0 Å². The third kappa shape index (κ3) is 2.25. The van der Waals surface area contributed by atoms with Crippen molar-refractivity contribution in [2.24, 2.45) is 5.73 Å². The predicted octanol–water partition coefficient (Wildman–Crippen LogP) is 1.30. The minimum atomic E-state index is -0.257. The lowest BCUT2D eigenvalue weighted by Gasteiger charge is -2.05. The Kier molecular flexibility index (Phi) is 3.26. The van der Waals surface area contributed by atoms with Crippen LogP contribution in [0.5, 0.6) is 0 Å². The van der Waals surface area contributed by atoms with E-state index in [2.05, 4.69) is 10.3 Å². The van der Waals surface area contributed by atoms with Crippen molar-refractivity contribution in [3.8, 4) is 5.69 Å². The molecule has 0 bridgehead atoms. The first kappa shape index (κ1) is 10.8. The lowest BCUT2D eigenvalue weighted by molar-refractivity contribution is 0.626. The van der Waals surface area contributed by atoms with Gasteiger partial charge in [0.15, 0.2) is 0 Å². The highest BCUT2D eigenvalue weighted by atomic mass is 19.1. The first-order valence-electron chi connectivity index (χ1n) is 5.17. The van der Waals surface area contributed by atoms with E-state index in [1.165, 1.54) is 12.1 Å². The van der Waals surface area contributed by atoms with Gasteiger partial charge in [0.2, 0.25) is 0 Å². The van der Waals surface area contributed by atoms with E-state index in [9.17, 15) is 4.39 Å². The molecule has 0 aliphatic carbocycles. The van der Waals surface area contributed by atoms with Gasteiger partial charge in [-0.25, -0.2) is 9.07 Å². The average molecular weight is 220 g/mol. The molecule has 2 rings (SSSR count). The molecule has 0 saturated carbocycles. The van der Waals surface area contributed by atoms with Crippen molar-refractivity contribution in [2.45, 2.75) is 12.8 Å². The van der Waals surface area contributed by atoms with Crippen molar-refractivity contribution in [1.82, 2.24) is 15.0 Å². The fourth-order valence-corrected chi connectivity index (χ4v) is 1.51. The summed E-state index contributed by atoms with van der Waals surface area (Å²) in [6.45, 7) is 0.634. The quantitative estimate of drug-likeness (QED) is 0.844. The van der Waals surface area contributed by atoms with E-state index in [-0.39, 0.29) is 5.82 Å². The van der Waals surface area contributed by atoms with Crippen molar-refractivity contribution >= 4 is 0 Å². The van der Waals surface area contributed by atoms with Crippen molar-refractivity contribution < 1.29 is 4.39 Å². The lowest BCUT2D eigenvalue weighted by Crippen LogP contribution is -2.06. The van der Waals surface area contributed by atoms with Crippen LogP contribution in [-0.4, -0.2) is 21.5 Å². The first-order valence-corrected chi connectivity index (χ1v) is 5.17. The molecule has 2 aromatic rings. The largest absolute Gasteiger partial charge is 0.330 e. The van der Waals surface area contributed by atoms with Crippen LogP contribution in [0.15, 0.2) is 30.5 Å². The van der Waals surface area contributed by atoms with Gasteiger partial charge in [0.05, 0.1) is 17.6 Å². The Morgan fingerprint density at radius 2 is 2.00 bits per heavy atom. The van der Waals surface area contributed by atoms with Gasteiger partial charge in [-0.15, -0.1) is 5.10 Å². The molecule has 2 N–H and O–H groups in total. The molecule has 0 atom stereocenters. The van der Waals surface area contributed by atoms with Crippen LogP contribution < -0.4 is 5.73 Å². The minimum absolute atomic E-state index is 0.257. The highest BCUT2D eigenvalue weighted by Gasteiger charge is 2.05. The zero-order valence-electron chi connectivity index (χ0n) is 8.81. The van der Waals surface area contributed by atoms with Crippen LogP contribution in [-0.2, 0) is 6.42 Å². The number of rotatable bonds is 4. The zero-order valence-corrected chi connectivity index (χ0v) is 8.81. The molecule has 16 heavy (non-hydrogen) atoms. The fourth-order valence-electron chi connectivity index (χ4n) is 1.51. The molecule has 1 heterocycles. The van der Waals surface area contributed by atoms with E-state index < -0.39 is 0 Å². The van der Waals surface area contributed by atoms with E-state index >= 15 is 0 Å². The van der Waals surface area contributed by atoms with Gasteiger partial charge in [0.1, 0.15) is 5.82 Å². The van der Waals surface area contributed by atoms with Gasteiger partial charge in [0.25, 0.3) is 0 Å². The molecule has 0 saturated heterocycles. The number of halogens is 1. The second-order valence-corrected chi connectivity index (χ2v) is 3.51. The van der Waals surface area contributed by atoms with Gasteiger partial charge in [-0.3, -0.25) is 0 Å². The standard InChI is InChI=1S/C11H13FN4/c12-9-3-5-10(6-4-9)16-11(2-1-7-13)8-14-15-16/h3-6,8H,1-2,7,13H2. The summed E-state index contributed by atoms with van der Waals surface area (Å²) >= 11 is 0. The maximum absolute atomic E-state index is 12.8. The molecule has 0 radical (unpaired) electrons. The highest BCUT2D eigenvalue weighted by molar-refractivity contribution is 5.32. The molecule has 4 nitrogen and oxygen atoms in total. The molecular formula is C11H13FN4. The first-order chi connectivity index (χ1) is 7.81. The van der Waals surface area contributed by atoms with Crippen molar-refractivity contribution in [1.29, 1.82) is 0 Å². The Bertz CT molecular complexity index is 449. The Hall–Kier alpha value is -1.75. The molecular weight excluding hydrogens is 207 g/mol.